The van der Waals surface area contributed by atoms with E-state index in [1.54, 1.807) is 18.2 Å². The Labute approximate surface area is 134 Å². The first-order chi connectivity index (χ1) is 11.1. The summed E-state index contributed by atoms with van der Waals surface area (Å²) < 4.78 is 37.9. The Morgan fingerprint density at radius 3 is 2.13 bits per heavy atom. The van der Waals surface area contributed by atoms with Crippen molar-refractivity contribution in [1.29, 1.82) is 0 Å². The van der Waals surface area contributed by atoms with Crippen LogP contribution in [0.2, 0.25) is 0 Å². The zero-order chi connectivity index (χ0) is 16.0. The van der Waals surface area contributed by atoms with Crippen LogP contribution < -0.4 is 0 Å². The molecule has 3 aromatic carbocycles. The van der Waals surface area contributed by atoms with Crippen molar-refractivity contribution < 1.29 is 12.3 Å². The summed E-state index contributed by atoms with van der Waals surface area (Å²) in [6.45, 7) is 0. The van der Waals surface area contributed by atoms with Crippen molar-refractivity contribution in [1.82, 2.24) is 0 Å². The summed E-state index contributed by atoms with van der Waals surface area (Å²) in [5.41, 5.74) is 4.47. The van der Waals surface area contributed by atoms with Crippen molar-refractivity contribution in [3.05, 3.63) is 77.9 Å². The highest BCUT2D eigenvalue weighted by Gasteiger charge is 2.29. The van der Waals surface area contributed by atoms with Gasteiger partial charge in [0.2, 0.25) is 0 Å². The molecule has 0 N–H and O–H groups in total. The maximum absolute atomic E-state index is 14.1. The molecule has 0 saturated carbocycles. The van der Waals surface area contributed by atoms with Gasteiger partial charge in [-0.1, -0.05) is 66.7 Å². The van der Waals surface area contributed by atoms with Gasteiger partial charge in [-0.2, -0.15) is 8.42 Å². The molecule has 0 aliphatic heterocycles. The molecule has 1 aliphatic rings. The van der Waals surface area contributed by atoms with Crippen molar-refractivity contribution in [3.8, 4) is 22.3 Å². The Hall–Kier alpha value is -2.46. The molecular formula is C19H13FO2S. The van der Waals surface area contributed by atoms with Gasteiger partial charge >= 0.3 is 10.2 Å². The highest BCUT2D eigenvalue weighted by Crippen LogP contribution is 2.43. The molecule has 2 nitrogen and oxygen atoms in total. The number of benzene rings is 3. The molecule has 114 valence electrons. The Kier molecular flexibility index (Phi) is 3.10. The van der Waals surface area contributed by atoms with Gasteiger partial charge in [0, 0.05) is 12.0 Å². The average Bonchev–Trinajstić information content (AvgIpc) is 2.92. The van der Waals surface area contributed by atoms with Crippen LogP contribution in [-0.2, 0) is 16.6 Å². The summed E-state index contributed by atoms with van der Waals surface area (Å²) in [6.07, 6.45) is 0.435. The largest absolute Gasteiger partial charge is 0.333 e. The summed E-state index contributed by atoms with van der Waals surface area (Å²) >= 11 is 0. The first-order valence-electron chi connectivity index (χ1n) is 7.30. The van der Waals surface area contributed by atoms with E-state index >= 15 is 0 Å². The molecule has 23 heavy (non-hydrogen) atoms. The van der Waals surface area contributed by atoms with E-state index in [1.807, 2.05) is 48.5 Å². The molecule has 4 rings (SSSR count). The molecule has 3 aromatic rings. The summed E-state index contributed by atoms with van der Waals surface area (Å²) in [7, 11) is -4.82. The van der Waals surface area contributed by atoms with Gasteiger partial charge in [0.05, 0.1) is 0 Å². The number of hydrogen-bond acceptors (Lipinski definition) is 2. The average molecular weight is 324 g/mol. The third kappa shape index (κ3) is 2.26. The second-order valence-electron chi connectivity index (χ2n) is 5.61. The molecule has 0 spiro atoms. The van der Waals surface area contributed by atoms with Gasteiger partial charge in [-0.05, 0) is 27.8 Å². The van der Waals surface area contributed by atoms with E-state index in [2.05, 4.69) is 0 Å². The first-order valence-corrected chi connectivity index (χ1v) is 8.68. The molecule has 0 heterocycles. The van der Waals surface area contributed by atoms with Gasteiger partial charge in [-0.25, -0.2) is 0 Å². The molecule has 0 radical (unpaired) electrons. The fourth-order valence-corrected chi connectivity index (χ4v) is 4.23. The first kappa shape index (κ1) is 14.2. The number of fused-ring (bicyclic) bond motifs is 3. The summed E-state index contributed by atoms with van der Waals surface area (Å²) in [4.78, 5) is -0.197. The molecule has 0 saturated heterocycles. The van der Waals surface area contributed by atoms with Gasteiger partial charge in [0.1, 0.15) is 4.90 Å². The topological polar surface area (TPSA) is 34.1 Å². The van der Waals surface area contributed by atoms with Crippen molar-refractivity contribution in [3.63, 3.8) is 0 Å². The Balaban J connectivity index is 2.04. The van der Waals surface area contributed by atoms with Gasteiger partial charge < -0.3 is 0 Å². The van der Waals surface area contributed by atoms with Crippen molar-refractivity contribution in [2.45, 2.75) is 11.3 Å². The molecule has 0 amide bonds. The second-order valence-corrected chi connectivity index (χ2v) is 6.89. The molecule has 0 unspecified atom stereocenters. The number of hydrogen-bond donors (Lipinski definition) is 0. The van der Waals surface area contributed by atoms with Crippen LogP contribution in [0.1, 0.15) is 11.1 Å². The normalized spacial score (nSPS) is 12.7. The zero-order valence-electron chi connectivity index (χ0n) is 12.2. The lowest BCUT2D eigenvalue weighted by molar-refractivity contribution is 0.551. The van der Waals surface area contributed by atoms with Crippen molar-refractivity contribution in [2.75, 3.05) is 0 Å². The predicted molar refractivity (Wildman–Crippen MR) is 88.4 cm³/mol. The summed E-state index contributed by atoms with van der Waals surface area (Å²) in [5.74, 6) is 0. The Morgan fingerprint density at radius 2 is 1.39 bits per heavy atom. The molecule has 4 heteroatoms. The second kappa shape index (κ2) is 5.03. The van der Waals surface area contributed by atoms with Crippen LogP contribution in [-0.4, -0.2) is 8.42 Å². The molecule has 0 fully saturated rings. The zero-order valence-corrected chi connectivity index (χ0v) is 13.0. The van der Waals surface area contributed by atoms with E-state index in [-0.39, 0.29) is 4.90 Å². The van der Waals surface area contributed by atoms with E-state index in [0.717, 1.165) is 16.7 Å². The lowest BCUT2D eigenvalue weighted by Crippen LogP contribution is -2.01. The maximum Gasteiger partial charge on any atom is 0.333 e. The number of halogens is 1. The van der Waals surface area contributed by atoms with Gasteiger partial charge in [0.15, 0.2) is 0 Å². The van der Waals surface area contributed by atoms with E-state index in [0.29, 0.717) is 23.1 Å². The standard InChI is InChI=1S/C19H13FO2S/c20-23(21,22)19-16(13-6-2-1-3-7-13)10-11-17-15-9-5-4-8-14(15)12-18(17)19/h1-11H,12H2. The lowest BCUT2D eigenvalue weighted by Gasteiger charge is -2.12. The van der Waals surface area contributed by atoms with Crippen molar-refractivity contribution >= 4 is 10.2 Å². The van der Waals surface area contributed by atoms with Crippen LogP contribution in [0.15, 0.2) is 71.6 Å². The highest BCUT2D eigenvalue weighted by molar-refractivity contribution is 7.86. The molecule has 0 atom stereocenters. The molecular weight excluding hydrogens is 311 g/mol. The minimum absolute atomic E-state index is 0.197. The van der Waals surface area contributed by atoms with Gasteiger partial charge in [-0.3, -0.25) is 0 Å². The highest BCUT2D eigenvalue weighted by atomic mass is 32.3. The monoisotopic (exact) mass is 324 g/mol. The fourth-order valence-electron chi connectivity index (χ4n) is 3.31. The fraction of sp³-hybridized carbons (Fsp3) is 0.0526. The Morgan fingerprint density at radius 1 is 0.739 bits per heavy atom. The number of rotatable bonds is 2. The van der Waals surface area contributed by atoms with Gasteiger partial charge in [-0.15, -0.1) is 3.89 Å². The minimum Gasteiger partial charge on any atom is -0.189 e. The molecule has 0 aromatic heterocycles. The van der Waals surface area contributed by atoms with Gasteiger partial charge in [0.25, 0.3) is 0 Å². The van der Waals surface area contributed by atoms with Crippen LogP contribution in [0, 0.1) is 0 Å². The van der Waals surface area contributed by atoms with Crippen LogP contribution in [0.5, 0.6) is 0 Å². The van der Waals surface area contributed by atoms with E-state index in [4.69, 9.17) is 0 Å². The smallest absolute Gasteiger partial charge is 0.189 e. The third-order valence-corrected chi connectivity index (χ3v) is 5.22. The molecule has 1 aliphatic carbocycles. The lowest BCUT2D eigenvalue weighted by atomic mass is 9.99. The maximum atomic E-state index is 14.1. The molecule has 0 bridgehead atoms. The van der Waals surface area contributed by atoms with Crippen LogP contribution in [0.4, 0.5) is 3.89 Å². The van der Waals surface area contributed by atoms with E-state index < -0.39 is 10.2 Å². The SMILES string of the molecule is O=S(=O)(F)c1c(-c2ccccc2)ccc2c1Cc1ccccc1-2. The quantitative estimate of drug-likeness (QED) is 0.506. The summed E-state index contributed by atoms with van der Waals surface area (Å²) in [5, 5.41) is 0. The van der Waals surface area contributed by atoms with E-state index in [9.17, 15) is 12.3 Å². The third-order valence-electron chi connectivity index (χ3n) is 4.26. The van der Waals surface area contributed by atoms with Crippen molar-refractivity contribution in [2.24, 2.45) is 0 Å². The Bertz CT molecular complexity index is 1010. The van der Waals surface area contributed by atoms with Crippen LogP contribution in [0.3, 0.4) is 0 Å². The predicted octanol–water partition coefficient (Wildman–Crippen LogP) is 4.58. The van der Waals surface area contributed by atoms with Crippen LogP contribution in [0.25, 0.3) is 22.3 Å². The van der Waals surface area contributed by atoms with E-state index in [1.165, 1.54) is 0 Å². The van der Waals surface area contributed by atoms with Crippen LogP contribution >= 0.6 is 0 Å². The summed E-state index contributed by atoms with van der Waals surface area (Å²) in [6, 6.07) is 20.3. The minimum atomic E-state index is -4.82.